The van der Waals surface area contributed by atoms with Crippen LogP contribution in [0.4, 0.5) is 0 Å². The average molecular weight is 198 g/mol. The molecule has 0 rings (SSSR count). The lowest BCUT2D eigenvalue weighted by Gasteiger charge is -2.00. The molecule has 0 aromatic rings. The van der Waals surface area contributed by atoms with Crippen molar-refractivity contribution in [2.24, 2.45) is 0 Å². The van der Waals surface area contributed by atoms with Crippen molar-refractivity contribution in [1.82, 2.24) is 0 Å². The summed E-state index contributed by atoms with van der Waals surface area (Å²) in [7, 11) is 0. The average Bonchev–Trinajstić information content (AvgIpc) is 2.14. The van der Waals surface area contributed by atoms with Gasteiger partial charge in [0.25, 0.3) is 0 Å². The molecule has 0 radical (unpaired) electrons. The van der Waals surface area contributed by atoms with Gasteiger partial charge in [0.2, 0.25) is 0 Å². The smallest absolute Gasteiger partial charge is 0.330 e. The van der Waals surface area contributed by atoms with E-state index in [1.165, 1.54) is 25.5 Å². The molecule has 3 heteroatoms. The van der Waals surface area contributed by atoms with Gasteiger partial charge >= 0.3 is 5.97 Å². The van der Waals surface area contributed by atoms with E-state index in [1.54, 1.807) is 0 Å². The van der Waals surface area contributed by atoms with Crippen LogP contribution >= 0.6 is 0 Å². The van der Waals surface area contributed by atoms with Gasteiger partial charge in [-0.25, -0.2) is 4.79 Å². The van der Waals surface area contributed by atoms with Crippen molar-refractivity contribution < 1.29 is 14.3 Å². The van der Waals surface area contributed by atoms with Crippen LogP contribution in [0, 0.1) is 0 Å². The molecule has 3 nitrogen and oxygen atoms in total. The van der Waals surface area contributed by atoms with Gasteiger partial charge in [-0.05, 0) is 19.4 Å². The van der Waals surface area contributed by atoms with E-state index in [0.717, 1.165) is 19.3 Å². The van der Waals surface area contributed by atoms with Crippen molar-refractivity contribution in [2.45, 2.75) is 39.5 Å². The Morgan fingerprint density at radius 2 is 1.86 bits per heavy atom. The van der Waals surface area contributed by atoms with Gasteiger partial charge in [0, 0.05) is 6.08 Å². The molecular weight excluding hydrogens is 180 g/mol. The van der Waals surface area contributed by atoms with Crippen molar-refractivity contribution in [1.29, 1.82) is 0 Å². The lowest BCUT2D eigenvalue weighted by molar-refractivity contribution is -0.138. The minimum absolute atomic E-state index is 0.145. The van der Waals surface area contributed by atoms with Crippen LogP contribution in [0.3, 0.4) is 0 Å². The zero-order chi connectivity index (χ0) is 10.8. The molecule has 0 aliphatic heterocycles. The van der Waals surface area contributed by atoms with Crippen molar-refractivity contribution >= 4 is 11.8 Å². The summed E-state index contributed by atoms with van der Waals surface area (Å²) < 4.78 is 4.86. The highest BCUT2D eigenvalue weighted by molar-refractivity contribution is 5.94. The second-order valence-corrected chi connectivity index (χ2v) is 3.17. The summed E-state index contributed by atoms with van der Waals surface area (Å²) in [5.74, 6) is -0.579. The highest BCUT2D eigenvalue weighted by Crippen LogP contribution is 1.99. The molecule has 0 bridgehead atoms. The largest absolute Gasteiger partial charge is 0.463 e. The molecule has 0 heterocycles. The first-order chi connectivity index (χ1) is 6.66. The van der Waals surface area contributed by atoms with Crippen LogP contribution in [0.2, 0.25) is 0 Å². The van der Waals surface area contributed by atoms with Crippen molar-refractivity contribution in [3.63, 3.8) is 0 Å². The number of carbonyl (C=O) groups excluding carboxylic acids is 2. The zero-order valence-corrected chi connectivity index (χ0v) is 8.91. The topological polar surface area (TPSA) is 43.4 Å². The molecule has 0 aliphatic carbocycles. The Hall–Kier alpha value is -1.12. The lowest BCUT2D eigenvalue weighted by atomic mass is 10.2. The van der Waals surface area contributed by atoms with Crippen LogP contribution in [0.25, 0.3) is 0 Å². The van der Waals surface area contributed by atoms with Gasteiger partial charge in [0.1, 0.15) is 0 Å². The Labute approximate surface area is 85.1 Å². The van der Waals surface area contributed by atoms with Gasteiger partial charge in [0.05, 0.1) is 6.61 Å². The Kier molecular flexibility index (Phi) is 7.80. The van der Waals surface area contributed by atoms with Crippen molar-refractivity contribution in [3.05, 3.63) is 12.2 Å². The summed E-state index contributed by atoms with van der Waals surface area (Å²) in [4.78, 5) is 21.4. The molecule has 0 N–H and O–H groups in total. The molecule has 80 valence electrons. The van der Waals surface area contributed by atoms with Gasteiger partial charge < -0.3 is 4.74 Å². The second kappa shape index (κ2) is 8.48. The first-order valence-corrected chi connectivity index (χ1v) is 5.02. The van der Waals surface area contributed by atoms with Crippen LogP contribution in [0.15, 0.2) is 12.2 Å². The highest BCUT2D eigenvalue weighted by Gasteiger charge is 1.96. The first-order valence-electron chi connectivity index (χ1n) is 5.02. The number of allylic oxidation sites excluding steroid dienone is 1. The molecule has 0 fully saturated rings. The summed E-state index contributed by atoms with van der Waals surface area (Å²) in [5, 5.41) is 0. The predicted molar refractivity (Wildman–Crippen MR) is 54.9 cm³/mol. The van der Waals surface area contributed by atoms with E-state index in [-0.39, 0.29) is 5.78 Å². The van der Waals surface area contributed by atoms with Gasteiger partial charge in [0.15, 0.2) is 5.78 Å². The third-order valence-electron chi connectivity index (χ3n) is 1.70. The van der Waals surface area contributed by atoms with E-state index >= 15 is 0 Å². The quantitative estimate of drug-likeness (QED) is 0.358. The summed E-state index contributed by atoms with van der Waals surface area (Å²) in [6.45, 7) is 3.97. The Bertz CT molecular complexity index is 207. The number of hydrogen-bond acceptors (Lipinski definition) is 3. The third-order valence-corrected chi connectivity index (χ3v) is 1.70. The number of ketones is 1. The number of rotatable bonds is 7. The van der Waals surface area contributed by atoms with Crippen molar-refractivity contribution in [2.75, 3.05) is 6.61 Å². The number of unbranched alkanes of at least 4 members (excludes halogenated alkanes) is 3. The molecular formula is C11H18O3. The number of hydrogen-bond donors (Lipinski definition) is 0. The number of carbonyl (C=O) groups is 2. The molecule has 14 heavy (non-hydrogen) atoms. The first kappa shape index (κ1) is 12.9. The number of ether oxygens (including phenoxy) is 1. The van der Waals surface area contributed by atoms with E-state index in [0.29, 0.717) is 6.61 Å². The van der Waals surface area contributed by atoms with E-state index < -0.39 is 5.97 Å². The predicted octanol–water partition coefficient (Wildman–Crippen LogP) is 2.26. The molecule has 0 saturated heterocycles. The summed E-state index contributed by atoms with van der Waals surface area (Å²) in [6, 6.07) is 0. The summed E-state index contributed by atoms with van der Waals surface area (Å²) in [6.07, 6.45) is 6.70. The Morgan fingerprint density at radius 1 is 1.14 bits per heavy atom. The third kappa shape index (κ3) is 8.97. The Morgan fingerprint density at radius 3 is 2.43 bits per heavy atom. The maximum Gasteiger partial charge on any atom is 0.330 e. The van der Waals surface area contributed by atoms with E-state index in [9.17, 15) is 9.59 Å². The fraction of sp³-hybridized carbons (Fsp3) is 0.636. The van der Waals surface area contributed by atoms with Crippen LogP contribution in [0.5, 0.6) is 0 Å². The van der Waals surface area contributed by atoms with Gasteiger partial charge in [-0.3, -0.25) is 4.79 Å². The molecule has 0 spiro atoms. The van der Waals surface area contributed by atoms with Gasteiger partial charge in [-0.2, -0.15) is 0 Å². The van der Waals surface area contributed by atoms with Crippen LogP contribution in [0.1, 0.15) is 39.5 Å². The van der Waals surface area contributed by atoms with E-state index in [4.69, 9.17) is 4.74 Å². The fourth-order valence-electron chi connectivity index (χ4n) is 0.935. The van der Waals surface area contributed by atoms with E-state index in [2.05, 4.69) is 6.92 Å². The number of esters is 1. The normalized spacial score (nSPS) is 10.4. The highest BCUT2D eigenvalue weighted by atomic mass is 16.5. The molecule has 0 aromatic heterocycles. The minimum atomic E-state index is -0.434. The molecule has 0 amide bonds. The molecule has 0 atom stereocenters. The fourth-order valence-corrected chi connectivity index (χ4v) is 0.935. The van der Waals surface area contributed by atoms with Crippen LogP contribution < -0.4 is 0 Å². The zero-order valence-electron chi connectivity index (χ0n) is 8.91. The maximum absolute atomic E-state index is 10.9. The Balaban J connectivity index is 3.40. The van der Waals surface area contributed by atoms with Crippen LogP contribution in [-0.2, 0) is 14.3 Å². The van der Waals surface area contributed by atoms with Crippen LogP contribution in [-0.4, -0.2) is 18.4 Å². The summed E-state index contributed by atoms with van der Waals surface area (Å²) in [5.41, 5.74) is 0. The van der Waals surface area contributed by atoms with E-state index in [1.807, 2.05) is 0 Å². The monoisotopic (exact) mass is 198 g/mol. The maximum atomic E-state index is 10.9. The lowest BCUT2D eigenvalue weighted by Crippen LogP contribution is -2.02. The minimum Gasteiger partial charge on any atom is -0.463 e. The molecule has 0 saturated carbocycles. The standard InChI is InChI=1S/C11H18O3/c1-3-4-5-6-9-14-11(13)8-7-10(2)12/h7-8H,3-6,9H2,1-2H3/b8-7+. The molecule has 0 aromatic carbocycles. The molecule has 0 aliphatic rings. The summed E-state index contributed by atoms with van der Waals surface area (Å²) >= 11 is 0. The van der Waals surface area contributed by atoms with Gasteiger partial charge in [-0.1, -0.05) is 26.2 Å². The SMILES string of the molecule is CCCCCCOC(=O)/C=C/C(C)=O. The van der Waals surface area contributed by atoms with Gasteiger partial charge in [-0.15, -0.1) is 0 Å². The second-order valence-electron chi connectivity index (χ2n) is 3.17. The van der Waals surface area contributed by atoms with Crippen molar-refractivity contribution in [3.8, 4) is 0 Å². The molecule has 0 unspecified atom stereocenters.